The maximum Gasteiger partial charge on any atom is 0.128 e. The van der Waals surface area contributed by atoms with Gasteiger partial charge in [0.05, 0.1) is 7.11 Å². The van der Waals surface area contributed by atoms with Gasteiger partial charge in [-0.25, -0.2) is 0 Å². The van der Waals surface area contributed by atoms with Crippen LogP contribution in [0.1, 0.15) is 28.3 Å². The number of halogens is 1. The van der Waals surface area contributed by atoms with E-state index >= 15 is 0 Å². The maximum atomic E-state index is 5.49. The fourth-order valence-corrected chi connectivity index (χ4v) is 3.10. The van der Waals surface area contributed by atoms with E-state index in [-0.39, 0.29) is 0 Å². The topological polar surface area (TPSA) is 22.1 Å². The van der Waals surface area contributed by atoms with Gasteiger partial charge in [-0.05, 0) is 31.7 Å². The molecule has 0 fully saturated rings. The SMILES string of the molecule is COc1c(C)cnc(CC(CBr)c2ccccc2)c1C. The van der Waals surface area contributed by atoms with Crippen LogP contribution in [0.3, 0.4) is 0 Å². The molecule has 1 aromatic carbocycles. The smallest absolute Gasteiger partial charge is 0.128 e. The van der Waals surface area contributed by atoms with E-state index < -0.39 is 0 Å². The van der Waals surface area contributed by atoms with Crippen LogP contribution in [-0.2, 0) is 6.42 Å². The van der Waals surface area contributed by atoms with E-state index in [1.165, 1.54) is 5.56 Å². The summed E-state index contributed by atoms with van der Waals surface area (Å²) in [6, 6.07) is 10.6. The van der Waals surface area contributed by atoms with Crippen molar-refractivity contribution in [3.05, 3.63) is 58.9 Å². The minimum absolute atomic E-state index is 0.426. The van der Waals surface area contributed by atoms with Gasteiger partial charge in [-0.15, -0.1) is 0 Å². The molecule has 0 radical (unpaired) electrons. The van der Waals surface area contributed by atoms with Gasteiger partial charge >= 0.3 is 0 Å². The first-order valence-electron chi connectivity index (χ1n) is 6.77. The molecule has 0 saturated carbocycles. The molecule has 0 amide bonds. The summed E-state index contributed by atoms with van der Waals surface area (Å²) in [4.78, 5) is 4.60. The summed E-state index contributed by atoms with van der Waals surface area (Å²) in [6.45, 7) is 4.12. The number of benzene rings is 1. The lowest BCUT2D eigenvalue weighted by Crippen LogP contribution is -2.08. The Kier molecular flexibility index (Phi) is 5.18. The molecule has 0 aliphatic rings. The number of hydrogen-bond donors (Lipinski definition) is 0. The zero-order valence-electron chi connectivity index (χ0n) is 12.2. The molecule has 20 heavy (non-hydrogen) atoms. The van der Waals surface area contributed by atoms with E-state index in [4.69, 9.17) is 4.74 Å². The molecule has 0 N–H and O–H groups in total. The number of methoxy groups -OCH3 is 1. The van der Waals surface area contributed by atoms with Gasteiger partial charge in [-0.1, -0.05) is 46.3 Å². The molecule has 0 aliphatic heterocycles. The minimum atomic E-state index is 0.426. The summed E-state index contributed by atoms with van der Waals surface area (Å²) >= 11 is 3.63. The first-order valence-corrected chi connectivity index (χ1v) is 7.89. The van der Waals surface area contributed by atoms with Crippen LogP contribution >= 0.6 is 15.9 Å². The molecule has 2 aromatic rings. The summed E-state index contributed by atoms with van der Waals surface area (Å²) in [5.41, 5.74) is 4.68. The van der Waals surface area contributed by atoms with E-state index in [2.05, 4.69) is 52.1 Å². The molecule has 2 rings (SSSR count). The number of hydrogen-bond acceptors (Lipinski definition) is 2. The molecule has 1 aromatic heterocycles. The van der Waals surface area contributed by atoms with Crippen molar-refractivity contribution in [2.24, 2.45) is 0 Å². The van der Waals surface area contributed by atoms with Crippen LogP contribution in [0.25, 0.3) is 0 Å². The van der Waals surface area contributed by atoms with Crippen LogP contribution < -0.4 is 4.74 Å². The molecule has 0 spiro atoms. The standard InChI is InChI=1S/C17H20BrNO/c1-12-11-19-16(13(2)17(12)20-3)9-15(10-18)14-7-5-4-6-8-14/h4-8,11,15H,9-10H2,1-3H3. The summed E-state index contributed by atoms with van der Waals surface area (Å²) < 4.78 is 5.49. The van der Waals surface area contributed by atoms with Crippen molar-refractivity contribution >= 4 is 15.9 Å². The Morgan fingerprint density at radius 2 is 1.90 bits per heavy atom. The van der Waals surface area contributed by atoms with E-state index in [0.717, 1.165) is 34.3 Å². The first kappa shape index (κ1) is 15.0. The zero-order valence-corrected chi connectivity index (χ0v) is 13.8. The Bertz CT molecular complexity index is 569. The zero-order chi connectivity index (χ0) is 14.5. The van der Waals surface area contributed by atoms with Gasteiger partial charge in [0.25, 0.3) is 0 Å². The minimum Gasteiger partial charge on any atom is -0.496 e. The van der Waals surface area contributed by atoms with Gasteiger partial charge in [0.1, 0.15) is 5.75 Å². The van der Waals surface area contributed by atoms with Gasteiger partial charge in [-0.2, -0.15) is 0 Å². The van der Waals surface area contributed by atoms with Crippen LogP contribution in [0, 0.1) is 13.8 Å². The average molecular weight is 334 g/mol. The predicted molar refractivity (Wildman–Crippen MR) is 86.9 cm³/mol. The fourth-order valence-electron chi connectivity index (χ4n) is 2.50. The highest BCUT2D eigenvalue weighted by Gasteiger charge is 2.16. The van der Waals surface area contributed by atoms with Crippen molar-refractivity contribution in [3.63, 3.8) is 0 Å². The monoisotopic (exact) mass is 333 g/mol. The highest BCUT2D eigenvalue weighted by atomic mass is 79.9. The normalized spacial score (nSPS) is 12.2. The fraction of sp³-hybridized carbons (Fsp3) is 0.353. The average Bonchev–Trinajstić information content (AvgIpc) is 2.48. The van der Waals surface area contributed by atoms with Gasteiger partial charge in [0.15, 0.2) is 0 Å². The van der Waals surface area contributed by atoms with E-state index in [1.54, 1.807) is 7.11 Å². The third-order valence-corrected chi connectivity index (χ3v) is 4.43. The molecule has 2 nitrogen and oxygen atoms in total. The Morgan fingerprint density at radius 3 is 2.50 bits per heavy atom. The van der Waals surface area contributed by atoms with E-state index in [0.29, 0.717) is 5.92 Å². The highest BCUT2D eigenvalue weighted by Crippen LogP contribution is 2.29. The van der Waals surface area contributed by atoms with Crippen LogP contribution in [0.5, 0.6) is 5.75 Å². The second kappa shape index (κ2) is 6.89. The van der Waals surface area contributed by atoms with Crippen molar-refractivity contribution in [2.75, 3.05) is 12.4 Å². The summed E-state index contributed by atoms with van der Waals surface area (Å²) in [5.74, 6) is 1.38. The lowest BCUT2D eigenvalue weighted by molar-refractivity contribution is 0.406. The number of rotatable bonds is 5. The van der Waals surface area contributed by atoms with Crippen LogP contribution in [0.2, 0.25) is 0 Å². The van der Waals surface area contributed by atoms with Crippen LogP contribution in [0.4, 0.5) is 0 Å². The van der Waals surface area contributed by atoms with Gasteiger partial charge in [0.2, 0.25) is 0 Å². The van der Waals surface area contributed by atoms with Gasteiger partial charge in [0, 0.05) is 28.3 Å². The summed E-state index contributed by atoms with van der Waals surface area (Å²) in [6.07, 6.45) is 2.81. The van der Waals surface area contributed by atoms with Crippen molar-refractivity contribution in [1.82, 2.24) is 4.98 Å². The molecule has 0 aliphatic carbocycles. The number of aromatic nitrogens is 1. The second-order valence-corrected chi connectivity index (χ2v) is 5.66. The number of aryl methyl sites for hydroxylation is 1. The quantitative estimate of drug-likeness (QED) is 0.755. The third-order valence-electron chi connectivity index (χ3n) is 3.65. The summed E-state index contributed by atoms with van der Waals surface area (Å²) in [5, 5.41) is 0.925. The van der Waals surface area contributed by atoms with Crippen molar-refractivity contribution in [2.45, 2.75) is 26.2 Å². The Morgan fingerprint density at radius 1 is 1.20 bits per heavy atom. The Labute approximate surface area is 129 Å². The second-order valence-electron chi connectivity index (χ2n) is 5.01. The van der Waals surface area contributed by atoms with Gasteiger partial charge in [-0.3, -0.25) is 4.98 Å². The summed E-state index contributed by atoms with van der Waals surface area (Å²) in [7, 11) is 1.72. The molecule has 0 saturated heterocycles. The van der Waals surface area contributed by atoms with Crippen molar-refractivity contribution in [1.29, 1.82) is 0 Å². The van der Waals surface area contributed by atoms with Gasteiger partial charge < -0.3 is 4.74 Å². The van der Waals surface area contributed by atoms with Crippen LogP contribution in [-0.4, -0.2) is 17.4 Å². The Balaban J connectivity index is 2.29. The molecular formula is C17H20BrNO. The number of ether oxygens (including phenoxy) is 1. The molecule has 106 valence electrons. The number of alkyl halides is 1. The molecule has 0 bridgehead atoms. The van der Waals surface area contributed by atoms with Crippen molar-refractivity contribution in [3.8, 4) is 5.75 Å². The molecule has 3 heteroatoms. The largest absolute Gasteiger partial charge is 0.496 e. The molecule has 1 heterocycles. The highest BCUT2D eigenvalue weighted by molar-refractivity contribution is 9.09. The number of nitrogens with zero attached hydrogens (tertiary/aromatic N) is 1. The molecule has 1 unspecified atom stereocenters. The van der Waals surface area contributed by atoms with E-state index in [9.17, 15) is 0 Å². The van der Waals surface area contributed by atoms with Crippen LogP contribution in [0.15, 0.2) is 36.5 Å². The molecular weight excluding hydrogens is 314 g/mol. The number of pyridine rings is 1. The first-order chi connectivity index (χ1) is 9.67. The maximum absolute atomic E-state index is 5.49. The van der Waals surface area contributed by atoms with Crippen molar-refractivity contribution < 1.29 is 4.74 Å². The third kappa shape index (κ3) is 3.21. The lowest BCUT2D eigenvalue weighted by Gasteiger charge is -2.17. The lowest BCUT2D eigenvalue weighted by atomic mass is 9.94. The predicted octanol–water partition coefficient (Wildman–Crippen LogP) is 4.43. The van der Waals surface area contributed by atoms with E-state index in [1.807, 2.05) is 19.2 Å². The molecule has 1 atom stereocenters. The Hall–Kier alpha value is -1.35.